The van der Waals surface area contributed by atoms with Crippen LogP contribution in [-0.4, -0.2) is 28.0 Å². The normalized spacial score (nSPS) is 18.7. The molecule has 0 fully saturated rings. The van der Waals surface area contributed by atoms with Gasteiger partial charge in [0.25, 0.3) is 0 Å². The van der Waals surface area contributed by atoms with Gasteiger partial charge in [0, 0.05) is 47.8 Å². The smallest absolute Gasteiger partial charge is 0.0529 e. The first-order valence-corrected chi connectivity index (χ1v) is 9.22. The van der Waals surface area contributed by atoms with Crippen LogP contribution < -0.4 is 0 Å². The molecule has 25 heavy (non-hydrogen) atoms. The third-order valence-corrected chi connectivity index (χ3v) is 5.78. The second-order valence-corrected chi connectivity index (χ2v) is 7.57. The van der Waals surface area contributed by atoms with Gasteiger partial charge in [0.15, 0.2) is 0 Å². The van der Waals surface area contributed by atoms with Gasteiger partial charge in [0.1, 0.15) is 0 Å². The van der Waals surface area contributed by atoms with Crippen LogP contribution in [0.2, 0.25) is 5.02 Å². The SMILES string of the molecule is CN1CCc2c(n(/C=C3\CCc4cnccc43)c3ccc(Cl)cc23)C1. The Morgan fingerprint density at radius 1 is 1.16 bits per heavy atom. The minimum Gasteiger partial charge on any atom is -0.318 e. The third-order valence-electron chi connectivity index (χ3n) is 5.54. The van der Waals surface area contributed by atoms with Crippen LogP contribution in [0, 0.1) is 0 Å². The number of hydrogen-bond acceptors (Lipinski definition) is 2. The lowest BCUT2D eigenvalue weighted by molar-refractivity contribution is 0.308. The maximum absolute atomic E-state index is 6.29. The molecule has 3 nitrogen and oxygen atoms in total. The molecular formula is C21H20ClN3. The van der Waals surface area contributed by atoms with E-state index in [2.05, 4.69) is 45.9 Å². The van der Waals surface area contributed by atoms with Gasteiger partial charge in [-0.2, -0.15) is 0 Å². The lowest BCUT2D eigenvalue weighted by Crippen LogP contribution is -2.27. The van der Waals surface area contributed by atoms with Gasteiger partial charge in [-0.25, -0.2) is 0 Å². The number of aryl methyl sites for hydroxylation is 1. The van der Waals surface area contributed by atoms with E-state index in [4.69, 9.17) is 11.6 Å². The van der Waals surface area contributed by atoms with Crippen molar-refractivity contribution in [1.29, 1.82) is 0 Å². The number of hydrogen-bond donors (Lipinski definition) is 0. The monoisotopic (exact) mass is 349 g/mol. The molecule has 5 rings (SSSR count). The molecule has 0 N–H and O–H groups in total. The predicted octanol–water partition coefficient (Wildman–Crippen LogP) is 4.62. The van der Waals surface area contributed by atoms with E-state index < -0.39 is 0 Å². The summed E-state index contributed by atoms with van der Waals surface area (Å²) in [5.74, 6) is 0. The second-order valence-electron chi connectivity index (χ2n) is 7.13. The fourth-order valence-corrected chi connectivity index (χ4v) is 4.45. The molecule has 0 saturated heterocycles. The molecule has 1 aliphatic heterocycles. The first-order chi connectivity index (χ1) is 12.2. The summed E-state index contributed by atoms with van der Waals surface area (Å²) in [4.78, 5) is 6.67. The van der Waals surface area contributed by atoms with Crippen molar-refractivity contribution in [2.24, 2.45) is 0 Å². The molecular weight excluding hydrogens is 330 g/mol. The lowest BCUT2D eigenvalue weighted by Gasteiger charge is -2.24. The summed E-state index contributed by atoms with van der Waals surface area (Å²) in [7, 11) is 2.20. The Balaban J connectivity index is 1.74. The van der Waals surface area contributed by atoms with Crippen molar-refractivity contribution >= 4 is 34.3 Å². The Morgan fingerprint density at radius 3 is 3.00 bits per heavy atom. The van der Waals surface area contributed by atoms with Gasteiger partial charge < -0.3 is 9.47 Å². The van der Waals surface area contributed by atoms with Gasteiger partial charge in [-0.05, 0) is 72.8 Å². The number of pyridine rings is 1. The molecule has 0 saturated carbocycles. The van der Waals surface area contributed by atoms with E-state index in [1.807, 2.05) is 18.5 Å². The van der Waals surface area contributed by atoms with Gasteiger partial charge in [0.2, 0.25) is 0 Å². The third kappa shape index (κ3) is 2.42. The first kappa shape index (κ1) is 15.2. The van der Waals surface area contributed by atoms with Crippen LogP contribution in [0.25, 0.3) is 22.7 Å². The fourth-order valence-electron chi connectivity index (χ4n) is 4.28. The molecule has 0 bridgehead atoms. The molecule has 4 heteroatoms. The number of aromatic nitrogens is 2. The molecule has 1 aliphatic carbocycles. The minimum absolute atomic E-state index is 0.816. The molecule has 1 aromatic carbocycles. The number of rotatable bonds is 1. The molecule has 0 atom stereocenters. The van der Waals surface area contributed by atoms with E-state index in [1.165, 1.54) is 38.9 Å². The second kappa shape index (κ2) is 5.72. The molecule has 2 aromatic heterocycles. The van der Waals surface area contributed by atoms with Crippen molar-refractivity contribution in [3.8, 4) is 0 Å². The van der Waals surface area contributed by atoms with E-state index in [0.29, 0.717) is 0 Å². The van der Waals surface area contributed by atoms with Crippen molar-refractivity contribution in [3.63, 3.8) is 0 Å². The Bertz CT molecular complexity index is 1020. The van der Waals surface area contributed by atoms with E-state index in [-0.39, 0.29) is 0 Å². The Kier molecular flexibility index (Phi) is 3.47. The van der Waals surface area contributed by atoms with E-state index in [1.54, 1.807) is 0 Å². The molecule has 0 radical (unpaired) electrons. The highest BCUT2D eigenvalue weighted by Crippen LogP contribution is 2.36. The molecule has 3 aromatic rings. The number of nitrogens with zero attached hydrogens (tertiary/aromatic N) is 3. The zero-order valence-corrected chi connectivity index (χ0v) is 15.1. The van der Waals surface area contributed by atoms with Crippen LogP contribution >= 0.6 is 11.6 Å². The van der Waals surface area contributed by atoms with Gasteiger partial charge in [-0.1, -0.05) is 11.6 Å². The van der Waals surface area contributed by atoms with Crippen molar-refractivity contribution in [2.75, 3.05) is 13.6 Å². The number of likely N-dealkylation sites (N-methyl/N-ethyl adjacent to an activating group) is 1. The summed E-state index contributed by atoms with van der Waals surface area (Å²) >= 11 is 6.29. The topological polar surface area (TPSA) is 21.1 Å². The number of allylic oxidation sites excluding steroid dienone is 1. The highest BCUT2D eigenvalue weighted by atomic mass is 35.5. The predicted molar refractivity (Wildman–Crippen MR) is 104 cm³/mol. The van der Waals surface area contributed by atoms with E-state index in [9.17, 15) is 0 Å². The van der Waals surface area contributed by atoms with Crippen molar-refractivity contribution in [1.82, 2.24) is 14.5 Å². The maximum Gasteiger partial charge on any atom is 0.0529 e. The fraction of sp³-hybridized carbons (Fsp3) is 0.286. The summed E-state index contributed by atoms with van der Waals surface area (Å²) in [6.07, 6.45) is 9.50. The first-order valence-electron chi connectivity index (χ1n) is 8.84. The van der Waals surface area contributed by atoms with E-state index >= 15 is 0 Å². The van der Waals surface area contributed by atoms with Crippen molar-refractivity contribution in [2.45, 2.75) is 25.8 Å². The maximum atomic E-state index is 6.29. The Hall–Kier alpha value is -2.10. The zero-order chi connectivity index (χ0) is 17.0. The Labute approximate surface area is 152 Å². The van der Waals surface area contributed by atoms with Crippen LogP contribution in [0.4, 0.5) is 0 Å². The highest BCUT2D eigenvalue weighted by molar-refractivity contribution is 6.31. The summed E-state index contributed by atoms with van der Waals surface area (Å²) < 4.78 is 2.40. The summed E-state index contributed by atoms with van der Waals surface area (Å²) in [5, 5.41) is 2.12. The van der Waals surface area contributed by atoms with Gasteiger partial charge in [0.05, 0.1) is 5.52 Å². The zero-order valence-electron chi connectivity index (χ0n) is 14.3. The minimum atomic E-state index is 0.816. The van der Waals surface area contributed by atoms with Gasteiger partial charge in [-0.3, -0.25) is 4.98 Å². The molecule has 0 unspecified atom stereocenters. The van der Waals surface area contributed by atoms with Crippen molar-refractivity contribution < 1.29 is 0 Å². The molecule has 0 amide bonds. The molecule has 126 valence electrons. The average molecular weight is 350 g/mol. The van der Waals surface area contributed by atoms with Crippen LogP contribution in [-0.2, 0) is 19.4 Å². The number of fused-ring (bicyclic) bond motifs is 4. The summed E-state index contributed by atoms with van der Waals surface area (Å²) in [6, 6.07) is 8.44. The molecule has 3 heterocycles. The average Bonchev–Trinajstić information content (AvgIpc) is 3.15. The Morgan fingerprint density at radius 2 is 2.08 bits per heavy atom. The van der Waals surface area contributed by atoms with Crippen LogP contribution in [0.3, 0.4) is 0 Å². The van der Waals surface area contributed by atoms with Gasteiger partial charge in [-0.15, -0.1) is 0 Å². The summed E-state index contributed by atoms with van der Waals surface area (Å²) in [5.41, 5.74) is 8.24. The number of benzene rings is 1. The van der Waals surface area contributed by atoms with Crippen LogP contribution in [0.1, 0.15) is 28.8 Å². The standard InChI is InChI=1S/C21H20ClN3/c1-24-9-7-18-19-10-16(22)4-5-20(19)25(21(18)13-24)12-15-3-2-14-11-23-8-6-17(14)15/h4-6,8,10-12H,2-3,7,9,13H2,1H3/b15-12+. The molecule has 0 spiro atoms. The molecule has 2 aliphatic rings. The summed E-state index contributed by atoms with van der Waals surface area (Å²) in [6.45, 7) is 2.08. The van der Waals surface area contributed by atoms with Crippen LogP contribution in [0.15, 0.2) is 36.7 Å². The highest BCUT2D eigenvalue weighted by Gasteiger charge is 2.23. The van der Waals surface area contributed by atoms with Gasteiger partial charge >= 0.3 is 0 Å². The van der Waals surface area contributed by atoms with Crippen LogP contribution in [0.5, 0.6) is 0 Å². The lowest BCUT2D eigenvalue weighted by atomic mass is 10.0. The number of halogens is 1. The largest absolute Gasteiger partial charge is 0.318 e. The van der Waals surface area contributed by atoms with Crippen molar-refractivity contribution in [3.05, 3.63) is 64.1 Å². The van der Waals surface area contributed by atoms with E-state index in [0.717, 1.165) is 37.4 Å². The quantitative estimate of drug-likeness (QED) is 0.639.